The summed E-state index contributed by atoms with van der Waals surface area (Å²) in [5.41, 5.74) is 1.22. The summed E-state index contributed by atoms with van der Waals surface area (Å²) in [4.78, 5) is 19.9. The van der Waals surface area contributed by atoms with Crippen molar-refractivity contribution in [3.63, 3.8) is 0 Å². The van der Waals surface area contributed by atoms with E-state index in [4.69, 9.17) is 21.7 Å². The molecule has 0 atom stereocenters. The molecule has 2 heterocycles. The molecule has 1 aromatic heterocycles. The van der Waals surface area contributed by atoms with Crippen LogP contribution in [0.4, 0.5) is 0 Å². The first kappa shape index (κ1) is 23.5. The highest BCUT2D eigenvalue weighted by atomic mass is 32.1. The minimum absolute atomic E-state index is 0.0734. The van der Waals surface area contributed by atoms with Gasteiger partial charge < -0.3 is 29.8 Å². The first-order chi connectivity index (χ1) is 15.1. The summed E-state index contributed by atoms with van der Waals surface area (Å²) in [5.74, 6) is 0.697. The van der Waals surface area contributed by atoms with Gasteiger partial charge in [-0.15, -0.1) is 0 Å². The topological polar surface area (TPSA) is 90.1 Å². The third-order valence-corrected chi connectivity index (χ3v) is 5.80. The van der Waals surface area contributed by atoms with Crippen molar-refractivity contribution in [2.24, 2.45) is 0 Å². The Morgan fingerprint density at radius 2 is 2.13 bits per heavy atom. The van der Waals surface area contributed by atoms with E-state index >= 15 is 0 Å². The predicted molar refractivity (Wildman–Crippen MR) is 126 cm³/mol. The van der Waals surface area contributed by atoms with Crippen molar-refractivity contribution in [1.29, 1.82) is 0 Å². The number of hydrogen-bond acceptors (Lipinski definition) is 6. The van der Waals surface area contributed by atoms with Crippen LogP contribution in [-0.4, -0.2) is 84.7 Å². The van der Waals surface area contributed by atoms with Crippen LogP contribution in [-0.2, 0) is 11.3 Å². The Balaban J connectivity index is 1.61. The first-order valence-corrected chi connectivity index (χ1v) is 11.1. The summed E-state index contributed by atoms with van der Waals surface area (Å²) in [7, 11) is 1.60. The summed E-state index contributed by atoms with van der Waals surface area (Å²) < 4.78 is 10.6. The van der Waals surface area contributed by atoms with Crippen LogP contribution in [0.5, 0.6) is 5.75 Å². The van der Waals surface area contributed by atoms with Crippen molar-refractivity contribution in [3.05, 3.63) is 40.2 Å². The van der Waals surface area contributed by atoms with Crippen molar-refractivity contribution >= 4 is 28.2 Å². The van der Waals surface area contributed by atoms with E-state index in [1.807, 2.05) is 29.2 Å². The van der Waals surface area contributed by atoms with Gasteiger partial charge in [0.1, 0.15) is 5.75 Å². The number of aliphatic hydroxyl groups excluding tert-OH is 1. The van der Waals surface area contributed by atoms with Crippen LogP contribution in [0, 0.1) is 0 Å². The fraction of sp³-hybridized carbons (Fsp3) is 0.545. The zero-order chi connectivity index (χ0) is 22.1. The van der Waals surface area contributed by atoms with Gasteiger partial charge in [0.25, 0.3) is 5.56 Å². The number of nitrogens with zero attached hydrogens (tertiary/aromatic N) is 2. The van der Waals surface area contributed by atoms with Crippen molar-refractivity contribution < 1.29 is 14.6 Å². The largest absolute Gasteiger partial charge is 0.497 e. The molecule has 8 nitrogen and oxygen atoms in total. The molecule has 0 radical (unpaired) electrons. The average molecular weight is 449 g/mol. The van der Waals surface area contributed by atoms with E-state index in [2.05, 4.69) is 15.2 Å². The Labute approximate surface area is 188 Å². The fourth-order valence-corrected chi connectivity index (χ4v) is 3.88. The number of ether oxygens (including phenoxy) is 2. The smallest absolute Gasteiger partial charge is 0.253 e. The molecule has 1 aliphatic rings. The third kappa shape index (κ3) is 6.90. The molecule has 0 unspecified atom stereocenters. The summed E-state index contributed by atoms with van der Waals surface area (Å²) in [6, 6.07) is 7.49. The van der Waals surface area contributed by atoms with Crippen molar-refractivity contribution in [2.75, 3.05) is 59.7 Å². The zero-order valence-electron chi connectivity index (χ0n) is 18.1. The average Bonchev–Trinajstić information content (AvgIpc) is 2.79. The minimum Gasteiger partial charge on any atom is -0.497 e. The predicted octanol–water partition coefficient (Wildman–Crippen LogP) is 1.32. The van der Waals surface area contributed by atoms with E-state index in [9.17, 15) is 9.90 Å². The number of rotatable bonds is 10. The lowest BCUT2D eigenvalue weighted by Crippen LogP contribution is -2.42. The van der Waals surface area contributed by atoms with Gasteiger partial charge >= 0.3 is 0 Å². The molecule has 3 N–H and O–H groups in total. The Morgan fingerprint density at radius 3 is 2.87 bits per heavy atom. The number of pyridine rings is 1. The number of aromatic nitrogens is 1. The van der Waals surface area contributed by atoms with Gasteiger partial charge in [0.15, 0.2) is 5.11 Å². The summed E-state index contributed by atoms with van der Waals surface area (Å²) in [6.07, 6.45) is 1.56. The van der Waals surface area contributed by atoms with Crippen LogP contribution in [0.1, 0.15) is 18.4 Å². The quantitative estimate of drug-likeness (QED) is 0.370. The van der Waals surface area contributed by atoms with Crippen molar-refractivity contribution in [2.45, 2.75) is 19.4 Å². The van der Waals surface area contributed by atoms with E-state index < -0.39 is 0 Å². The number of aromatic amines is 1. The van der Waals surface area contributed by atoms with Gasteiger partial charge in [0.2, 0.25) is 0 Å². The van der Waals surface area contributed by atoms with Gasteiger partial charge in [0, 0.05) is 44.4 Å². The molecule has 0 amide bonds. The lowest BCUT2D eigenvalue weighted by Gasteiger charge is -2.28. The fourth-order valence-electron chi connectivity index (χ4n) is 3.62. The first-order valence-electron chi connectivity index (χ1n) is 10.7. The van der Waals surface area contributed by atoms with E-state index in [-0.39, 0.29) is 12.2 Å². The maximum absolute atomic E-state index is 12.6. The number of morpholine rings is 1. The molecule has 9 heteroatoms. The Morgan fingerprint density at radius 1 is 1.32 bits per heavy atom. The van der Waals surface area contributed by atoms with Crippen molar-refractivity contribution in [3.8, 4) is 5.75 Å². The van der Waals surface area contributed by atoms with Gasteiger partial charge in [-0.25, -0.2) is 0 Å². The minimum atomic E-state index is -0.148. The number of methoxy groups -OCH3 is 1. The van der Waals surface area contributed by atoms with Crippen LogP contribution < -0.4 is 15.6 Å². The lowest BCUT2D eigenvalue weighted by molar-refractivity contribution is 0.0376. The van der Waals surface area contributed by atoms with E-state index in [0.29, 0.717) is 35.9 Å². The number of fused-ring (bicyclic) bond motifs is 1. The molecule has 0 saturated carbocycles. The summed E-state index contributed by atoms with van der Waals surface area (Å²) in [5, 5.41) is 14.1. The van der Waals surface area contributed by atoms with Crippen LogP contribution in [0.3, 0.4) is 0 Å². The number of hydrogen-bond donors (Lipinski definition) is 3. The molecule has 31 heavy (non-hydrogen) atoms. The molecular weight excluding hydrogens is 416 g/mol. The normalized spacial score (nSPS) is 14.5. The van der Waals surface area contributed by atoms with Crippen LogP contribution in [0.15, 0.2) is 29.1 Å². The van der Waals surface area contributed by atoms with Crippen molar-refractivity contribution in [1.82, 2.24) is 20.1 Å². The molecule has 3 rings (SSSR count). The standard InChI is InChI=1S/C22H32N4O4S/c1-29-19-5-4-17-14-18(21(28)24-20(17)15-19)16-26(8-3-11-27)22(31)23-6-2-7-25-9-12-30-13-10-25/h4-5,14-15,27H,2-3,6-13,16H2,1H3,(H,23,31)(H,24,28). The Bertz CT molecular complexity index is 914. The molecule has 0 aliphatic carbocycles. The second kappa shape index (κ2) is 12.0. The zero-order valence-corrected chi connectivity index (χ0v) is 18.9. The summed E-state index contributed by atoms with van der Waals surface area (Å²) in [6.45, 7) is 6.35. The highest BCUT2D eigenvalue weighted by Gasteiger charge is 2.14. The van der Waals surface area contributed by atoms with Gasteiger partial charge in [-0.1, -0.05) is 0 Å². The third-order valence-electron chi connectivity index (χ3n) is 5.40. The monoisotopic (exact) mass is 448 g/mol. The summed E-state index contributed by atoms with van der Waals surface area (Å²) >= 11 is 5.60. The Hall–Kier alpha value is -2.20. The molecule has 170 valence electrons. The number of aliphatic hydroxyl groups is 1. The molecular formula is C22H32N4O4S. The molecule has 2 aromatic rings. The number of nitrogens with one attached hydrogen (secondary N) is 2. The molecule has 1 saturated heterocycles. The van der Waals surface area contributed by atoms with E-state index in [1.54, 1.807) is 7.11 Å². The van der Waals surface area contributed by atoms with Crippen LogP contribution >= 0.6 is 12.2 Å². The number of benzene rings is 1. The second-order valence-corrected chi connectivity index (χ2v) is 8.00. The van der Waals surface area contributed by atoms with E-state index in [0.717, 1.165) is 56.7 Å². The lowest BCUT2D eigenvalue weighted by atomic mass is 10.1. The highest BCUT2D eigenvalue weighted by molar-refractivity contribution is 7.80. The molecule has 1 aliphatic heterocycles. The number of thiocarbonyl (C=S) groups is 1. The maximum Gasteiger partial charge on any atom is 0.253 e. The van der Waals surface area contributed by atoms with Crippen LogP contribution in [0.25, 0.3) is 10.9 Å². The number of H-pyrrole nitrogens is 1. The van der Waals surface area contributed by atoms with Crippen LogP contribution in [0.2, 0.25) is 0 Å². The Kier molecular flexibility index (Phi) is 9.08. The molecule has 1 fully saturated rings. The molecule has 0 bridgehead atoms. The van der Waals surface area contributed by atoms with E-state index in [1.165, 1.54) is 0 Å². The molecule has 1 aromatic carbocycles. The SMILES string of the molecule is COc1ccc2cc(CN(CCCO)C(=S)NCCCN3CCOCC3)c(=O)[nH]c2c1. The van der Waals surface area contributed by atoms with Gasteiger partial charge in [-0.3, -0.25) is 9.69 Å². The van der Waals surface area contributed by atoms with Gasteiger partial charge in [0.05, 0.1) is 32.4 Å². The molecule has 0 spiro atoms. The highest BCUT2D eigenvalue weighted by Crippen LogP contribution is 2.19. The van der Waals surface area contributed by atoms with Gasteiger partial charge in [-0.05, 0) is 55.2 Å². The van der Waals surface area contributed by atoms with Gasteiger partial charge in [-0.2, -0.15) is 0 Å². The maximum atomic E-state index is 12.6. The second-order valence-electron chi connectivity index (χ2n) is 7.62.